The first-order chi connectivity index (χ1) is 15.9. The molecule has 170 valence electrons. The van der Waals surface area contributed by atoms with Gasteiger partial charge in [-0.25, -0.2) is 9.78 Å². The van der Waals surface area contributed by atoms with E-state index in [-0.39, 0.29) is 0 Å². The third-order valence-corrected chi connectivity index (χ3v) is 5.96. The lowest BCUT2D eigenvalue weighted by molar-refractivity contribution is 0.150. The number of anilines is 2. The minimum atomic E-state index is -0.416. The van der Waals surface area contributed by atoms with Crippen molar-refractivity contribution in [3.05, 3.63) is 70.8 Å². The van der Waals surface area contributed by atoms with Gasteiger partial charge in [-0.15, -0.1) is 0 Å². The van der Waals surface area contributed by atoms with Crippen molar-refractivity contribution in [1.29, 1.82) is 0 Å². The SMILES string of the molecule is CNC(=O)OCCc1ccc(Nc2c3cc(C)c(C)cc3nc3cc(C)c(OC)cc23)cc1. The van der Waals surface area contributed by atoms with Crippen LogP contribution in [0.25, 0.3) is 21.8 Å². The number of benzene rings is 3. The van der Waals surface area contributed by atoms with Crippen LogP contribution in [-0.4, -0.2) is 31.8 Å². The summed E-state index contributed by atoms with van der Waals surface area (Å²) in [4.78, 5) is 16.2. The summed E-state index contributed by atoms with van der Waals surface area (Å²) >= 11 is 0. The Balaban J connectivity index is 1.73. The van der Waals surface area contributed by atoms with E-state index < -0.39 is 6.09 Å². The van der Waals surface area contributed by atoms with Crippen molar-refractivity contribution < 1.29 is 14.3 Å². The van der Waals surface area contributed by atoms with Crippen molar-refractivity contribution in [2.24, 2.45) is 0 Å². The molecule has 2 N–H and O–H groups in total. The first-order valence-corrected chi connectivity index (χ1v) is 11.0. The standard InChI is InChI=1S/C27H29N3O3/c1-16-12-21-23(13-17(16)2)30-24-14-18(3)25(32-5)15-22(24)26(21)29-20-8-6-19(7-9-20)10-11-33-27(31)28-4/h6-9,12-15H,10-11H2,1-5H3,(H,28,31)(H,29,30). The van der Waals surface area contributed by atoms with E-state index in [1.807, 2.05) is 31.2 Å². The molecule has 0 radical (unpaired) electrons. The summed E-state index contributed by atoms with van der Waals surface area (Å²) in [5, 5.41) is 8.16. The molecule has 0 saturated carbocycles. The van der Waals surface area contributed by atoms with E-state index in [0.717, 1.165) is 50.1 Å². The number of alkyl carbamates (subject to hydrolysis) is 1. The Bertz CT molecular complexity index is 1330. The lowest BCUT2D eigenvalue weighted by Gasteiger charge is -2.16. The molecule has 0 fully saturated rings. The summed E-state index contributed by atoms with van der Waals surface area (Å²) < 4.78 is 10.7. The Morgan fingerprint density at radius 3 is 2.21 bits per heavy atom. The molecule has 0 unspecified atom stereocenters. The number of carbonyl (C=O) groups excluding carboxylic acids is 1. The third kappa shape index (κ3) is 4.70. The van der Waals surface area contributed by atoms with E-state index in [1.54, 1.807) is 14.2 Å². The number of aromatic nitrogens is 1. The molecule has 0 bridgehead atoms. The predicted octanol–water partition coefficient (Wildman–Crippen LogP) is 5.96. The van der Waals surface area contributed by atoms with Crippen molar-refractivity contribution in [1.82, 2.24) is 10.3 Å². The van der Waals surface area contributed by atoms with Gasteiger partial charge < -0.3 is 20.1 Å². The molecule has 0 spiro atoms. The van der Waals surface area contributed by atoms with Crippen molar-refractivity contribution in [2.75, 3.05) is 26.1 Å². The monoisotopic (exact) mass is 443 g/mol. The normalized spacial score (nSPS) is 10.9. The molecule has 4 rings (SSSR count). The molecule has 0 aliphatic rings. The van der Waals surface area contributed by atoms with Crippen LogP contribution in [0.5, 0.6) is 5.75 Å². The third-order valence-electron chi connectivity index (χ3n) is 5.96. The number of rotatable bonds is 6. The number of aryl methyl sites for hydroxylation is 3. The maximum absolute atomic E-state index is 11.2. The second-order valence-corrected chi connectivity index (χ2v) is 8.24. The molecule has 1 heterocycles. The molecule has 33 heavy (non-hydrogen) atoms. The van der Waals surface area contributed by atoms with E-state index >= 15 is 0 Å². The van der Waals surface area contributed by atoms with Crippen LogP contribution in [0.1, 0.15) is 22.3 Å². The molecule has 1 amide bonds. The number of pyridine rings is 1. The lowest BCUT2D eigenvalue weighted by atomic mass is 10.0. The zero-order chi connectivity index (χ0) is 23.5. The Morgan fingerprint density at radius 2 is 1.55 bits per heavy atom. The zero-order valence-electron chi connectivity index (χ0n) is 19.7. The van der Waals surface area contributed by atoms with Crippen LogP contribution >= 0.6 is 0 Å². The van der Waals surface area contributed by atoms with E-state index in [9.17, 15) is 4.79 Å². The molecule has 6 nitrogen and oxygen atoms in total. The van der Waals surface area contributed by atoms with E-state index in [4.69, 9.17) is 14.5 Å². The van der Waals surface area contributed by atoms with Crippen LogP contribution in [0.15, 0.2) is 48.5 Å². The average Bonchev–Trinajstić information content (AvgIpc) is 2.80. The number of ether oxygens (including phenoxy) is 2. The number of hydrogen-bond donors (Lipinski definition) is 2. The number of carbonyl (C=O) groups is 1. The predicted molar refractivity (Wildman–Crippen MR) is 134 cm³/mol. The molecule has 0 aliphatic heterocycles. The quantitative estimate of drug-likeness (QED) is 0.360. The van der Waals surface area contributed by atoms with E-state index in [2.05, 4.69) is 48.7 Å². The molecule has 4 aromatic rings. The summed E-state index contributed by atoms with van der Waals surface area (Å²) in [6.45, 7) is 6.60. The van der Waals surface area contributed by atoms with Crippen LogP contribution in [0.4, 0.5) is 16.2 Å². The first-order valence-electron chi connectivity index (χ1n) is 11.0. The van der Waals surface area contributed by atoms with Crippen LogP contribution in [-0.2, 0) is 11.2 Å². The highest BCUT2D eigenvalue weighted by atomic mass is 16.5. The first kappa shape index (κ1) is 22.4. The van der Waals surface area contributed by atoms with Gasteiger partial charge in [0.2, 0.25) is 0 Å². The zero-order valence-corrected chi connectivity index (χ0v) is 19.7. The summed E-state index contributed by atoms with van der Waals surface area (Å²) in [5.41, 5.74) is 8.44. The van der Waals surface area contributed by atoms with Crippen LogP contribution in [0, 0.1) is 20.8 Å². The van der Waals surface area contributed by atoms with Gasteiger partial charge in [-0.3, -0.25) is 0 Å². The van der Waals surface area contributed by atoms with Gasteiger partial charge in [0.25, 0.3) is 0 Å². The molecular formula is C27H29N3O3. The van der Waals surface area contributed by atoms with Gasteiger partial charge in [-0.05, 0) is 79.4 Å². The highest BCUT2D eigenvalue weighted by molar-refractivity contribution is 6.09. The second-order valence-electron chi connectivity index (χ2n) is 8.24. The minimum absolute atomic E-state index is 0.337. The molecule has 6 heteroatoms. The molecule has 3 aromatic carbocycles. The largest absolute Gasteiger partial charge is 0.496 e. The molecule has 0 aliphatic carbocycles. The lowest BCUT2D eigenvalue weighted by Crippen LogP contribution is -2.20. The van der Waals surface area contributed by atoms with Gasteiger partial charge in [-0.1, -0.05) is 12.1 Å². The molecular weight excluding hydrogens is 414 g/mol. The van der Waals surface area contributed by atoms with Crippen LogP contribution < -0.4 is 15.4 Å². The summed E-state index contributed by atoms with van der Waals surface area (Å²) in [6.07, 6.45) is 0.241. The highest BCUT2D eigenvalue weighted by Crippen LogP contribution is 2.37. The smallest absolute Gasteiger partial charge is 0.406 e. The Kier molecular flexibility index (Phi) is 6.36. The molecule has 0 saturated heterocycles. The number of hydrogen-bond acceptors (Lipinski definition) is 5. The maximum Gasteiger partial charge on any atom is 0.406 e. The second kappa shape index (κ2) is 9.36. The van der Waals surface area contributed by atoms with Crippen LogP contribution in [0.3, 0.4) is 0 Å². The van der Waals surface area contributed by atoms with Gasteiger partial charge >= 0.3 is 6.09 Å². The molecule has 0 atom stereocenters. The summed E-state index contributed by atoms with van der Waals surface area (Å²) in [5.74, 6) is 0.835. The fourth-order valence-corrected chi connectivity index (χ4v) is 3.92. The van der Waals surface area contributed by atoms with Gasteiger partial charge in [-0.2, -0.15) is 0 Å². The van der Waals surface area contributed by atoms with Gasteiger partial charge in [0.1, 0.15) is 5.75 Å². The van der Waals surface area contributed by atoms with Gasteiger partial charge in [0, 0.05) is 29.9 Å². The van der Waals surface area contributed by atoms with Crippen molar-refractivity contribution in [3.8, 4) is 5.75 Å². The highest BCUT2D eigenvalue weighted by Gasteiger charge is 2.14. The summed E-state index contributed by atoms with van der Waals surface area (Å²) in [7, 11) is 3.24. The van der Waals surface area contributed by atoms with Crippen molar-refractivity contribution in [2.45, 2.75) is 27.2 Å². The number of nitrogens with zero attached hydrogens (tertiary/aromatic N) is 1. The molecule has 1 aromatic heterocycles. The fourth-order valence-electron chi connectivity index (χ4n) is 3.92. The summed E-state index contributed by atoms with van der Waals surface area (Å²) in [6, 6.07) is 16.6. The maximum atomic E-state index is 11.2. The van der Waals surface area contributed by atoms with Gasteiger partial charge in [0.15, 0.2) is 0 Å². The number of methoxy groups -OCH3 is 1. The Morgan fingerprint density at radius 1 is 0.909 bits per heavy atom. The topological polar surface area (TPSA) is 72.5 Å². The van der Waals surface area contributed by atoms with E-state index in [1.165, 1.54) is 11.1 Å². The Labute approximate surface area is 193 Å². The number of nitrogens with one attached hydrogen (secondary N) is 2. The Hall–Kier alpha value is -3.80. The van der Waals surface area contributed by atoms with Crippen molar-refractivity contribution in [3.63, 3.8) is 0 Å². The van der Waals surface area contributed by atoms with Crippen molar-refractivity contribution >= 4 is 39.3 Å². The number of amides is 1. The van der Waals surface area contributed by atoms with E-state index in [0.29, 0.717) is 13.0 Å². The van der Waals surface area contributed by atoms with Gasteiger partial charge in [0.05, 0.1) is 30.4 Å². The van der Waals surface area contributed by atoms with Crippen LogP contribution in [0.2, 0.25) is 0 Å². The average molecular weight is 444 g/mol. The fraction of sp³-hybridized carbons (Fsp3) is 0.259. The number of fused-ring (bicyclic) bond motifs is 2. The minimum Gasteiger partial charge on any atom is -0.496 e.